The Morgan fingerprint density at radius 3 is 2.12 bits per heavy atom. The highest BCUT2D eigenvalue weighted by Crippen LogP contribution is 2.27. The van der Waals surface area contributed by atoms with Gasteiger partial charge in [-0.05, 0) is 33.9 Å². The zero-order valence-corrected chi connectivity index (χ0v) is 10.5. The van der Waals surface area contributed by atoms with Gasteiger partial charge in [0, 0.05) is 12.7 Å². The Balaban J connectivity index is 2.56. The molecule has 0 spiro atoms. The summed E-state index contributed by atoms with van der Waals surface area (Å²) in [7, 11) is 1.95. The molecule has 0 aliphatic rings. The SMILES string of the molecule is CNc1ccc2cc(C(C)(C)C)ccc2c1. The van der Waals surface area contributed by atoms with Crippen LogP contribution in [0, 0.1) is 0 Å². The zero-order valence-electron chi connectivity index (χ0n) is 10.5. The van der Waals surface area contributed by atoms with Crippen LogP contribution in [0.15, 0.2) is 36.4 Å². The predicted octanol–water partition coefficient (Wildman–Crippen LogP) is 4.18. The monoisotopic (exact) mass is 213 g/mol. The van der Waals surface area contributed by atoms with E-state index in [9.17, 15) is 0 Å². The first kappa shape index (κ1) is 11.0. The summed E-state index contributed by atoms with van der Waals surface area (Å²) in [4.78, 5) is 0. The highest BCUT2D eigenvalue weighted by Gasteiger charge is 2.13. The highest BCUT2D eigenvalue weighted by atomic mass is 14.8. The second-order valence-electron chi connectivity index (χ2n) is 5.28. The van der Waals surface area contributed by atoms with E-state index >= 15 is 0 Å². The molecule has 2 rings (SSSR count). The molecule has 1 nitrogen and oxygen atoms in total. The van der Waals surface area contributed by atoms with Crippen molar-refractivity contribution in [2.24, 2.45) is 0 Å². The third-order valence-corrected chi connectivity index (χ3v) is 2.99. The largest absolute Gasteiger partial charge is 0.388 e. The Labute approximate surface area is 97.5 Å². The van der Waals surface area contributed by atoms with Gasteiger partial charge in [0.2, 0.25) is 0 Å². The Hall–Kier alpha value is -1.50. The first-order chi connectivity index (χ1) is 7.50. The molecule has 1 heteroatoms. The van der Waals surface area contributed by atoms with Crippen LogP contribution in [0.3, 0.4) is 0 Å². The van der Waals surface area contributed by atoms with Gasteiger partial charge in [0.05, 0.1) is 0 Å². The molecule has 2 aromatic carbocycles. The van der Waals surface area contributed by atoms with Gasteiger partial charge in [-0.25, -0.2) is 0 Å². The maximum atomic E-state index is 3.16. The highest BCUT2D eigenvalue weighted by molar-refractivity contribution is 5.86. The topological polar surface area (TPSA) is 12.0 Å². The molecule has 0 saturated heterocycles. The summed E-state index contributed by atoms with van der Waals surface area (Å²) in [6, 6.07) is 13.2. The molecule has 84 valence electrons. The van der Waals surface area contributed by atoms with Crippen LogP contribution in [0.5, 0.6) is 0 Å². The van der Waals surface area contributed by atoms with Gasteiger partial charge in [-0.1, -0.05) is 45.0 Å². The first-order valence-corrected chi connectivity index (χ1v) is 5.73. The standard InChI is InChI=1S/C15H19N/c1-15(2,3)13-7-5-12-10-14(16-4)8-6-11(12)9-13/h5-10,16H,1-4H3. The Morgan fingerprint density at radius 2 is 1.50 bits per heavy atom. The number of hydrogen-bond donors (Lipinski definition) is 1. The van der Waals surface area contributed by atoms with Crippen molar-refractivity contribution < 1.29 is 0 Å². The van der Waals surface area contributed by atoms with Gasteiger partial charge in [0.15, 0.2) is 0 Å². The molecule has 1 N–H and O–H groups in total. The zero-order chi connectivity index (χ0) is 11.8. The maximum absolute atomic E-state index is 3.16. The van der Waals surface area contributed by atoms with Crippen LogP contribution >= 0.6 is 0 Å². The van der Waals surface area contributed by atoms with E-state index in [4.69, 9.17) is 0 Å². The number of fused-ring (bicyclic) bond motifs is 1. The molecule has 2 aromatic rings. The Morgan fingerprint density at radius 1 is 0.875 bits per heavy atom. The molecule has 0 aliphatic carbocycles. The normalized spacial score (nSPS) is 11.8. The lowest BCUT2D eigenvalue weighted by Crippen LogP contribution is -2.10. The molecule has 0 atom stereocenters. The van der Waals surface area contributed by atoms with Crippen molar-refractivity contribution in [3.8, 4) is 0 Å². The summed E-state index contributed by atoms with van der Waals surface area (Å²) < 4.78 is 0. The number of hydrogen-bond acceptors (Lipinski definition) is 1. The van der Waals surface area contributed by atoms with Gasteiger partial charge in [-0.3, -0.25) is 0 Å². The van der Waals surface area contributed by atoms with Crippen LogP contribution in [0.2, 0.25) is 0 Å². The van der Waals surface area contributed by atoms with Crippen LogP contribution in [-0.2, 0) is 5.41 Å². The van der Waals surface area contributed by atoms with Crippen molar-refractivity contribution in [3.63, 3.8) is 0 Å². The van der Waals surface area contributed by atoms with Gasteiger partial charge < -0.3 is 5.32 Å². The number of anilines is 1. The van der Waals surface area contributed by atoms with Crippen molar-refractivity contribution in [3.05, 3.63) is 42.0 Å². The second-order valence-corrected chi connectivity index (χ2v) is 5.28. The van der Waals surface area contributed by atoms with Gasteiger partial charge >= 0.3 is 0 Å². The maximum Gasteiger partial charge on any atom is 0.0343 e. The van der Waals surface area contributed by atoms with Crippen LogP contribution in [0.1, 0.15) is 26.3 Å². The molecule has 0 saturated carbocycles. The Kier molecular flexibility index (Phi) is 2.63. The molecular formula is C15H19N. The van der Waals surface area contributed by atoms with Crippen molar-refractivity contribution in [2.45, 2.75) is 26.2 Å². The quantitative estimate of drug-likeness (QED) is 0.749. The second kappa shape index (κ2) is 3.82. The van der Waals surface area contributed by atoms with Gasteiger partial charge in [0.1, 0.15) is 0 Å². The van der Waals surface area contributed by atoms with Gasteiger partial charge in [-0.2, -0.15) is 0 Å². The number of rotatable bonds is 1. The fourth-order valence-corrected chi connectivity index (χ4v) is 1.87. The summed E-state index contributed by atoms with van der Waals surface area (Å²) in [6.07, 6.45) is 0. The van der Waals surface area contributed by atoms with Gasteiger partial charge in [-0.15, -0.1) is 0 Å². The fourth-order valence-electron chi connectivity index (χ4n) is 1.87. The lowest BCUT2D eigenvalue weighted by Gasteiger charge is -2.19. The van der Waals surface area contributed by atoms with E-state index < -0.39 is 0 Å². The minimum absolute atomic E-state index is 0.218. The van der Waals surface area contributed by atoms with E-state index in [1.807, 2.05) is 7.05 Å². The molecule has 0 bridgehead atoms. The predicted molar refractivity (Wildman–Crippen MR) is 72.2 cm³/mol. The van der Waals surface area contributed by atoms with Crippen molar-refractivity contribution in [1.29, 1.82) is 0 Å². The minimum atomic E-state index is 0.218. The number of benzene rings is 2. The third-order valence-electron chi connectivity index (χ3n) is 2.99. The molecule has 16 heavy (non-hydrogen) atoms. The van der Waals surface area contributed by atoms with E-state index in [1.165, 1.54) is 16.3 Å². The molecule has 0 unspecified atom stereocenters. The van der Waals surface area contributed by atoms with Crippen molar-refractivity contribution in [2.75, 3.05) is 12.4 Å². The third kappa shape index (κ3) is 2.04. The first-order valence-electron chi connectivity index (χ1n) is 5.73. The summed E-state index contributed by atoms with van der Waals surface area (Å²) in [5, 5.41) is 5.77. The average molecular weight is 213 g/mol. The lowest BCUT2D eigenvalue weighted by atomic mass is 9.86. The smallest absolute Gasteiger partial charge is 0.0343 e. The summed E-state index contributed by atoms with van der Waals surface area (Å²) in [6.45, 7) is 6.74. The fraction of sp³-hybridized carbons (Fsp3) is 0.333. The minimum Gasteiger partial charge on any atom is -0.388 e. The van der Waals surface area contributed by atoms with Crippen LogP contribution in [0.4, 0.5) is 5.69 Å². The lowest BCUT2D eigenvalue weighted by molar-refractivity contribution is 0.591. The Bertz CT molecular complexity index is 506. The van der Waals surface area contributed by atoms with Crippen LogP contribution in [-0.4, -0.2) is 7.05 Å². The van der Waals surface area contributed by atoms with E-state index in [1.54, 1.807) is 0 Å². The van der Waals surface area contributed by atoms with E-state index in [0.29, 0.717) is 0 Å². The molecule has 0 fully saturated rings. The van der Waals surface area contributed by atoms with Gasteiger partial charge in [0.25, 0.3) is 0 Å². The van der Waals surface area contributed by atoms with Crippen molar-refractivity contribution >= 4 is 16.5 Å². The molecule has 0 amide bonds. The summed E-state index contributed by atoms with van der Waals surface area (Å²) in [5.74, 6) is 0. The molecule has 0 aromatic heterocycles. The summed E-state index contributed by atoms with van der Waals surface area (Å²) in [5.41, 5.74) is 2.77. The average Bonchev–Trinajstić information content (AvgIpc) is 2.26. The van der Waals surface area contributed by atoms with Crippen molar-refractivity contribution in [1.82, 2.24) is 0 Å². The van der Waals surface area contributed by atoms with Crippen LogP contribution < -0.4 is 5.32 Å². The summed E-state index contributed by atoms with van der Waals surface area (Å²) >= 11 is 0. The number of nitrogens with one attached hydrogen (secondary N) is 1. The van der Waals surface area contributed by atoms with E-state index in [2.05, 4.69) is 62.5 Å². The van der Waals surface area contributed by atoms with E-state index in [-0.39, 0.29) is 5.41 Å². The molecule has 0 radical (unpaired) electrons. The molecule has 0 aliphatic heterocycles. The van der Waals surface area contributed by atoms with Crippen LogP contribution in [0.25, 0.3) is 10.8 Å². The molecular weight excluding hydrogens is 194 g/mol. The van der Waals surface area contributed by atoms with E-state index in [0.717, 1.165) is 5.69 Å². The molecule has 0 heterocycles.